The van der Waals surface area contributed by atoms with Crippen LogP contribution >= 0.6 is 23.2 Å². The number of carbonyl (C=O) groups is 1. The summed E-state index contributed by atoms with van der Waals surface area (Å²) < 4.78 is 1.59. The van der Waals surface area contributed by atoms with Crippen LogP contribution in [0.2, 0.25) is 10.0 Å². The van der Waals surface area contributed by atoms with Crippen LogP contribution in [0.4, 0.5) is 0 Å². The lowest BCUT2D eigenvalue weighted by Crippen LogP contribution is -2.11. The highest BCUT2D eigenvalue weighted by molar-refractivity contribution is 6.32. The van der Waals surface area contributed by atoms with Crippen LogP contribution in [0.3, 0.4) is 0 Å². The molecule has 0 saturated carbocycles. The molecule has 0 atom stereocenters. The summed E-state index contributed by atoms with van der Waals surface area (Å²) in [6.07, 6.45) is 4.77. The highest BCUT2D eigenvalue weighted by Crippen LogP contribution is 2.21. The van der Waals surface area contributed by atoms with Crippen molar-refractivity contribution in [1.82, 2.24) is 14.8 Å². The Hall–Kier alpha value is -2.43. The second-order valence-corrected chi connectivity index (χ2v) is 5.96. The Labute approximate surface area is 149 Å². The summed E-state index contributed by atoms with van der Waals surface area (Å²) in [5, 5.41) is 5.23. The first-order valence-electron chi connectivity index (χ1n) is 7.21. The van der Waals surface area contributed by atoms with Gasteiger partial charge in [-0.15, -0.1) is 0 Å². The lowest BCUT2D eigenvalue weighted by Gasteiger charge is -2.08. The number of hydrogen-bond donors (Lipinski definition) is 0. The first-order chi connectivity index (χ1) is 11.6. The van der Waals surface area contributed by atoms with Crippen molar-refractivity contribution in [1.29, 1.82) is 0 Å². The molecule has 1 aromatic heterocycles. The van der Waals surface area contributed by atoms with E-state index in [4.69, 9.17) is 23.2 Å². The normalized spacial score (nSPS) is 11.5. The van der Waals surface area contributed by atoms with Crippen LogP contribution in [-0.4, -0.2) is 20.5 Å². The van der Waals surface area contributed by atoms with Crippen LogP contribution in [-0.2, 0) is 6.54 Å². The van der Waals surface area contributed by atoms with Crippen molar-refractivity contribution in [2.45, 2.75) is 6.54 Å². The first-order valence-corrected chi connectivity index (χ1v) is 7.97. The van der Waals surface area contributed by atoms with Gasteiger partial charge < -0.3 is 0 Å². The topological polar surface area (TPSA) is 47.8 Å². The van der Waals surface area contributed by atoms with Gasteiger partial charge in [-0.1, -0.05) is 41.4 Å². The Bertz CT molecular complexity index is 872. The fourth-order valence-corrected chi connectivity index (χ4v) is 2.55. The van der Waals surface area contributed by atoms with E-state index in [1.54, 1.807) is 47.4 Å². The lowest BCUT2D eigenvalue weighted by molar-refractivity contribution is 0.103. The average Bonchev–Trinajstić information content (AvgIpc) is 3.09. The molecule has 0 spiro atoms. The molecule has 0 bridgehead atoms. The van der Waals surface area contributed by atoms with E-state index >= 15 is 0 Å². The van der Waals surface area contributed by atoms with Crippen LogP contribution in [0.1, 0.15) is 15.9 Å². The number of ketones is 1. The number of hydrogen-bond acceptors (Lipinski definition) is 3. The fourth-order valence-electron chi connectivity index (χ4n) is 2.24. The summed E-state index contributed by atoms with van der Waals surface area (Å²) in [5.74, 6) is -0.109. The van der Waals surface area contributed by atoms with E-state index in [1.165, 1.54) is 6.33 Å². The van der Waals surface area contributed by atoms with Crippen molar-refractivity contribution < 1.29 is 4.79 Å². The van der Waals surface area contributed by atoms with Gasteiger partial charge in [-0.05, 0) is 42.0 Å². The van der Waals surface area contributed by atoms with Crippen LogP contribution in [0, 0.1) is 0 Å². The Kier molecular flexibility index (Phi) is 5.08. The third-order valence-corrected chi connectivity index (χ3v) is 4.03. The van der Waals surface area contributed by atoms with Crippen LogP contribution in [0.15, 0.2) is 66.8 Å². The zero-order valence-corrected chi connectivity index (χ0v) is 14.1. The molecule has 0 unspecified atom stereocenters. The number of aromatic nitrogens is 3. The molecule has 0 aliphatic carbocycles. The summed E-state index contributed by atoms with van der Waals surface area (Å²) in [6, 6.07) is 14.1. The second kappa shape index (κ2) is 7.43. The van der Waals surface area contributed by atoms with E-state index in [1.807, 2.05) is 18.2 Å². The number of Topliss-reactive ketones (excluding diaryl/α,β-unsaturated/α-hetero) is 1. The number of rotatable bonds is 5. The molecule has 0 saturated heterocycles. The van der Waals surface area contributed by atoms with Crippen molar-refractivity contribution in [2.75, 3.05) is 0 Å². The average molecular weight is 358 g/mol. The minimum absolute atomic E-state index is 0.109. The predicted molar refractivity (Wildman–Crippen MR) is 95.2 cm³/mol. The Balaban J connectivity index is 2.00. The predicted octanol–water partition coefficient (Wildman–Crippen LogP) is 4.55. The van der Waals surface area contributed by atoms with Gasteiger partial charge in [0.15, 0.2) is 5.78 Å². The Morgan fingerprint density at radius 1 is 1.08 bits per heavy atom. The molecule has 2 aromatic carbocycles. The maximum atomic E-state index is 12.9. The SMILES string of the molecule is O=C(C(=Cc1ccccc1Cl)Cn1cncn1)c1ccc(Cl)cc1. The molecule has 0 amide bonds. The van der Waals surface area contributed by atoms with Crippen molar-refractivity contribution in [3.05, 3.63) is 87.9 Å². The molecular formula is C18H13Cl2N3O. The summed E-state index contributed by atoms with van der Waals surface area (Å²) in [6.45, 7) is 0.298. The summed E-state index contributed by atoms with van der Waals surface area (Å²) >= 11 is 12.1. The number of allylic oxidation sites excluding steroid dienone is 1. The summed E-state index contributed by atoms with van der Waals surface area (Å²) in [5.41, 5.74) is 1.88. The maximum absolute atomic E-state index is 12.9. The van der Waals surface area contributed by atoms with E-state index in [-0.39, 0.29) is 5.78 Å². The molecule has 120 valence electrons. The number of benzene rings is 2. The van der Waals surface area contributed by atoms with Gasteiger partial charge in [0.2, 0.25) is 0 Å². The van der Waals surface area contributed by atoms with E-state index in [9.17, 15) is 4.79 Å². The highest BCUT2D eigenvalue weighted by atomic mass is 35.5. The molecule has 0 radical (unpaired) electrons. The molecule has 0 N–H and O–H groups in total. The van der Waals surface area contributed by atoms with Crippen molar-refractivity contribution in [3.63, 3.8) is 0 Å². The van der Waals surface area contributed by atoms with E-state index < -0.39 is 0 Å². The first kappa shape index (κ1) is 16.4. The van der Waals surface area contributed by atoms with Crippen molar-refractivity contribution >= 4 is 35.1 Å². The Morgan fingerprint density at radius 2 is 1.83 bits per heavy atom. The molecule has 0 fully saturated rings. The zero-order chi connectivity index (χ0) is 16.9. The standard InChI is InChI=1S/C18H13Cl2N3O/c19-16-7-5-13(6-8-16)18(24)15(10-23-12-21-11-22-23)9-14-3-1-2-4-17(14)20/h1-9,11-12H,10H2. The van der Waals surface area contributed by atoms with E-state index in [0.29, 0.717) is 27.7 Å². The maximum Gasteiger partial charge on any atom is 0.190 e. The van der Waals surface area contributed by atoms with Gasteiger partial charge in [-0.25, -0.2) is 9.67 Å². The van der Waals surface area contributed by atoms with E-state index in [0.717, 1.165) is 5.56 Å². The second-order valence-electron chi connectivity index (χ2n) is 5.12. The van der Waals surface area contributed by atoms with Crippen LogP contribution in [0.25, 0.3) is 6.08 Å². The van der Waals surface area contributed by atoms with Gasteiger partial charge in [0.25, 0.3) is 0 Å². The van der Waals surface area contributed by atoms with Crippen molar-refractivity contribution in [3.8, 4) is 0 Å². The molecular weight excluding hydrogens is 345 g/mol. The van der Waals surface area contributed by atoms with Gasteiger partial charge in [-0.3, -0.25) is 4.79 Å². The minimum Gasteiger partial charge on any atom is -0.289 e. The molecule has 0 aliphatic rings. The number of halogens is 2. The number of nitrogens with zero attached hydrogens (tertiary/aromatic N) is 3. The number of carbonyl (C=O) groups excluding carboxylic acids is 1. The molecule has 0 aliphatic heterocycles. The highest BCUT2D eigenvalue weighted by Gasteiger charge is 2.14. The monoisotopic (exact) mass is 357 g/mol. The van der Waals surface area contributed by atoms with Crippen molar-refractivity contribution in [2.24, 2.45) is 0 Å². The van der Waals surface area contributed by atoms with Gasteiger partial charge >= 0.3 is 0 Å². The molecule has 3 rings (SSSR count). The fraction of sp³-hybridized carbons (Fsp3) is 0.0556. The van der Waals surface area contributed by atoms with Gasteiger partial charge in [0, 0.05) is 21.2 Å². The molecule has 6 heteroatoms. The molecule has 24 heavy (non-hydrogen) atoms. The quantitative estimate of drug-likeness (QED) is 0.497. The van der Waals surface area contributed by atoms with Crippen LogP contribution < -0.4 is 0 Å². The summed E-state index contributed by atoms with van der Waals surface area (Å²) in [4.78, 5) is 16.8. The largest absolute Gasteiger partial charge is 0.289 e. The van der Waals surface area contributed by atoms with E-state index in [2.05, 4.69) is 10.1 Å². The van der Waals surface area contributed by atoms with Gasteiger partial charge in [0.1, 0.15) is 12.7 Å². The molecule has 3 aromatic rings. The summed E-state index contributed by atoms with van der Waals surface area (Å²) in [7, 11) is 0. The molecule has 4 nitrogen and oxygen atoms in total. The smallest absolute Gasteiger partial charge is 0.190 e. The molecule has 1 heterocycles. The van der Waals surface area contributed by atoms with Gasteiger partial charge in [0.05, 0.1) is 6.54 Å². The minimum atomic E-state index is -0.109. The third-order valence-electron chi connectivity index (χ3n) is 3.43. The van der Waals surface area contributed by atoms with Crippen LogP contribution in [0.5, 0.6) is 0 Å². The Morgan fingerprint density at radius 3 is 2.50 bits per heavy atom. The zero-order valence-electron chi connectivity index (χ0n) is 12.6. The third kappa shape index (κ3) is 3.91. The lowest BCUT2D eigenvalue weighted by atomic mass is 10.0. The van der Waals surface area contributed by atoms with Gasteiger partial charge in [-0.2, -0.15) is 5.10 Å².